The minimum absolute atomic E-state index is 0.396. The van der Waals surface area contributed by atoms with E-state index in [1.165, 1.54) is 5.56 Å². The lowest BCUT2D eigenvalue weighted by atomic mass is 10.1. The van der Waals surface area contributed by atoms with Crippen molar-refractivity contribution in [2.75, 3.05) is 13.7 Å². The van der Waals surface area contributed by atoms with Crippen LogP contribution in [0, 0.1) is 0 Å². The fourth-order valence-electron chi connectivity index (χ4n) is 1.70. The third-order valence-electron chi connectivity index (χ3n) is 2.74. The molecule has 0 atom stereocenters. The zero-order valence-corrected chi connectivity index (χ0v) is 9.74. The molecule has 1 aliphatic rings. The van der Waals surface area contributed by atoms with E-state index >= 15 is 0 Å². The second kappa shape index (κ2) is 5.21. The molecule has 1 aromatic carbocycles. The average Bonchev–Trinajstić information content (AvgIpc) is 3.11. The second-order valence-electron chi connectivity index (χ2n) is 4.16. The molecule has 0 saturated heterocycles. The Morgan fingerprint density at radius 1 is 1.38 bits per heavy atom. The van der Waals surface area contributed by atoms with E-state index in [0.29, 0.717) is 12.6 Å². The molecule has 2 N–H and O–H groups in total. The number of hydrogen-bond acceptors (Lipinski definition) is 3. The van der Waals surface area contributed by atoms with Gasteiger partial charge in [0.25, 0.3) is 0 Å². The van der Waals surface area contributed by atoms with Crippen molar-refractivity contribution in [1.29, 1.82) is 0 Å². The minimum atomic E-state index is 0.396. The van der Waals surface area contributed by atoms with Crippen LogP contribution in [-0.2, 0) is 6.42 Å². The average molecular weight is 221 g/mol. The Kier molecular flexibility index (Phi) is 3.67. The molecule has 0 spiro atoms. The van der Waals surface area contributed by atoms with Gasteiger partial charge >= 0.3 is 0 Å². The quantitative estimate of drug-likeness (QED) is 0.800. The van der Waals surface area contributed by atoms with Crippen molar-refractivity contribution in [2.45, 2.75) is 31.8 Å². The van der Waals surface area contributed by atoms with Crippen LogP contribution in [0.15, 0.2) is 18.2 Å². The number of rotatable bonds is 6. The molecule has 0 heterocycles. The first kappa shape index (κ1) is 11.3. The van der Waals surface area contributed by atoms with Crippen molar-refractivity contribution in [3.8, 4) is 11.5 Å². The molecule has 1 saturated carbocycles. The van der Waals surface area contributed by atoms with Crippen LogP contribution in [0.5, 0.6) is 11.5 Å². The molecule has 0 radical (unpaired) electrons. The minimum Gasteiger partial charge on any atom is -0.493 e. The first-order chi connectivity index (χ1) is 7.85. The Hall–Kier alpha value is -1.22. The third kappa shape index (κ3) is 2.67. The van der Waals surface area contributed by atoms with Crippen molar-refractivity contribution in [3.05, 3.63) is 23.8 Å². The highest BCUT2D eigenvalue weighted by Gasteiger charge is 2.26. The van der Waals surface area contributed by atoms with Gasteiger partial charge in [0.1, 0.15) is 0 Å². The van der Waals surface area contributed by atoms with Crippen LogP contribution in [0.25, 0.3) is 0 Å². The monoisotopic (exact) mass is 221 g/mol. The van der Waals surface area contributed by atoms with Crippen molar-refractivity contribution >= 4 is 0 Å². The lowest BCUT2D eigenvalue weighted by Gasteiger charge is -2.14. The van der Waals surface area contributed by atoms with Crippen LogP contribution >= 0.6 is 0 Å². The van der Waals surface area contributed by atoms with Gasteiger partial charge in [-0.25, -0.2) is 0 Å². The zero-order chi connectivity index (χ0) is 11.4. The summed E-state index contributed by atoms with van der Waals surface area (Å²) in [6.45, 7) is 0.708. The van der Waals surface area contributed by atoms with E-state index in [4.69, 9.17) is 15.2 Å². The molecule has 0 unspecified atom stereocenters. The number of para-hydroxylation sites is 1. The maximum Gasteiger partial charge on any atom is 0.164 e. The Labute approximate surface area is 96.5 Å². The molecule has 0 bridgehead atoms. The summed E-state index contributed by atoms with van der Waals surface area (Å²) in [6.07, 6.45) is 4.65. The molecule has 3 heteroatoms. The lowest BCUT2D eigenvalue weighted by Crippen LogP contribution is -2.05. The van der Waals surface area contributed by atoms with Gasteiger partial charge in [0.15, 0.2) is 11.5 Å². The van der Waals surface area contributed by atoms with Crippen LogP contribution in [-0.4, -0.2) is 19.8 Å². The number of hydrogen-bond donors (Lipinski definition) is 1. The normalized spacial score (nSPS) is 14.9. The summed E-state index contributed by atoms with van der Waals surface area (Å²) in [7, 11) is 1.68. The molecular formula is C13H19NO2. The summed E-state index contributed by atoms with van der Waals surface area (Å²) in [6, 6.07) is 6.05. The van der Waals surface area contributed by atoms with Gasteiger partial charge in [-0.3, -0.25) is 0 Å². The molecule has 88 valence electrons. The molecule has 0 aliphatic heterocycles. The summed E-state index contributed by atoms with van der Waals surface area (Å²) in [5, 5.41) is 0. The standard InChI is InChI=1S/C13H19NO2/c1-15-12-6-2-4-10(5-3-9-14)13(12)16-11-7-8-11/h2,4,6,11H,3,5,7-9,14H2,1H3. The maximum absolute atomic E-state index is 5.91. The Bertz CT molecular complexity index is 348. The van der Waals surface area contributed by atoms with Gasteiger partial charge in [-0.15, -0.1) is 0 Å². The largest absolute Gasteiger partial charge is 0.493 e. The predicted molar refractivity (Wildman–Crippen MR) is 64.0 cm³/mol. The van der Waals surface area contributed by atoms with Crippen LogP contribution in [0.4, 0.5) is 0 Å². The van der Waals surface area contributed by atoms with Gasteiger partial charge in [-0.05, 0) is 43.9 Å². The Balaban J connectivity index is 2.18. The topological polar surface area (TPSA) is 44.5 Å². The first-order valence-electron chi connectivity index (χ1n) is 5.87. The number of benzene rings is 1. The first-order valence-corrected chi connectivity index (χ1v) is 5.87. The summed E-state index contributed by atoms with van der Waals surface area (Å²) < 4.78 is 11.2. The number of aryl methyl sites for hydroxylation is 1. The van der Waals surface area contributed by atoms with E-state index in [1.807, 2.05) is 12.1 Å². The molecule has 1 aromatic rings. The molecule has 1 fully saturated rings. The smallest absolute Gasteiger partial charge is 0.164 e. The van der Waals surface area contributed by atoms with E-state index in [0.717, 1.165) is 37.2 Å². The molecule has 16 heavy (non-hydrogen) atoms. The van der Waals surface area contributed by atoms with Crippen molar-refractivity contribution in [1.82, 2.24) is 0 Å². The van der Waals surface area contributed by atoms with Crippen molar-refractivity contribution in [2.24, 2.45) is 5.73 Å². The third-order valence-corrected chi connectivity index (χ3v) is 2.74. The van der Waals surface area contributed by atoms with E-state index in [2.05, 4.69) is 6.07 Å². The predicted octanol–water partition coefficient (Wildman–Crippen LogP) is 2.13. The highest BCUT2D eigenvalue weighted by Crippen LogP contribution is 2.36. The van der Waals surface area contributed by atoms with E-state index in [9.17, 15) is 0 Å². The Morgan fingerprint density at radius 2 is 2.19 bits per heavy atom. The lowest BCUT2D eigenvalue weighted by molar-refractivity contribution is 0.279. The summed E-state index contributed by atoms with van der Waals surface area (Å²) in [5.74, 6) is 1.75. The molecule has 1 aliphatic carbocycles. The van der Waals surface area contributed by atoms with Gasteiger partial charge in [0.05, 0.1) is 13.2 Å². The fraction of sp³-hybridized carbons (Fsp3) is 0.538. The highest BCUT2D eigenvalue weighted by molar-refractivity contribution is 5.47. The zero-order valence-electron chi connectivity index (χ0n) is 9.74. The molecular weight excluding hydrogens is 202 g/mol. The fourth-order valence-corrected chi connectivity index (χ4v) is 1.70. The second-order valence-corrected chi connectivity index (χ2v) is 4.16. The van der Waals surface area contributed by atoms with E-state index in [1.54, 1.807) is 7.11 Å². The molecule has 3 nitrogen and oxygen atoms in total. The maximum atomic E-state index is 5.91. The van der Waals surface area contributed by atoms with Gasteiger partial charge < -0.3 is 15.2 Å². The van der Waals surface area contributed by atoms with Gasteiger partial charge in [-0.2, -0.15) is 0 Å². The summed E-state index contributed by atoms with van der Waals surface area (Å²) >= 11 is 0. The summed E-state index contributed by atoms with van der Waals surface area (Å²) in [5.41, 5.74) is 6.74. The number of methoxy groups -OCH3 is 1. The van der Waals surface area contributed by atoms with Gasteiger partial charge in [-0.1, -0.05) is 12.1 Å². The highest BCUT2D eigenvalue weighted by atomic mass is 16.5. The molecule has 0 amide bonds. The summed E-state index contributed by atoms with van der Waals surface area (Å²) in [4.78, 5) is 0. The number of nitrogens with two attached hydrogens (primary N) is 1. The van der Waals surface area contributed by atoms with E-state index < -0.39 is 0 Å². The van der Waals surface area contributed by atoms with Gasteiger partial charge in [0.2, 0.25) is 0 Å². The van der Waals surface area contributed by atoms with Crippen LogP contribution in [0.2, 0.25) is 0 Å². The van der Waals surface area contributed by atoms with Crippen LogP contribution in [0.1, 0.15) is 24.8 Å². The number of ether oxygens (including phenoxy) is 2. The molecule has 0 aromatic heterocycles. The van der Waals surface area contributed by atoms with Crippen LogP contribution in [0.3, 0.4) is 0 Å². The SMILES string of the molecule is COc1cccc(CCCN)c1OC1CC1. The van der Waals surface area contributed by atoms with Crippen molar-refractivity contribution in [3.63, 3.8) is 0 Å². The molecule has 2 rings (SSSR count). The van der Waals surface area contributed by atoms with Gasteiger partial charge in [0, 0.05) is 0 Å². The van der Waals surface area contributed by atoms with Crippen LogP contribution < -0.4 is 15.2 Å². The Morgan fingerprint density at radius 3 is 2.81 bits per heavy atom. The van der Waals surface area contributed by atoms with E-state index in [-0.39, 0.29) is 0 Å². The van der Waals surface area contributed by atoms with Crippen molar-refractivity contribution < 1.29 is 9.47 Å².